The Hall–Kier alpha value is 0.690. The summed E-state index contributed by atoms with van der Waals surface area (Å²) in [6, 6.07) is -0.993. The molecule has 0 heterocycles. The molecule has 0 saturated carbocycles. The summed E-state index contributed by atoms with van der Waals surface area (Å²) in [5.74, 6) is 0. The predicted octanol–water partition coefficient (Wildman–Crippen LogP) is 3.42. The Morgan fingerprint density at radius 3 is 1.80 bits per heavy atom. The minimum atomic E-state index is -3.35. The van der Waals surface area contributed by atoms with E-state index in [1.807, 2.05) is 0 Å². The molecule has 0 aliphatic heterocycles. The van der Waals surface area contributed by atoms with Crippen LogP contribution >= 0.6 is 30.6 Å². The summed E-state index contributed by atoms with van der Waals surface area (Å²) in [5.41, 5.74) is 0. The van der Waals surface area contributed by atoms with E-state index in [1.165, 1.54) is 0 Å². The lowest BCUT2D eigenvalue weighted by molar-refractivity contribution is -0.0887. The van der Waals surface area contributed by atoms with Gasteiger partial charge in [-0.15, -0.1) is 0 Å². The number of hydrogen-bond acceptors (Lipinski definition) is 4. The Kier molecular flexibility index (Phi) is 8.24. The molecule has 0 spiro atoms. The predicted molar refractivity (Wildman–Crippen MR) is 61.8 cm³/mol. The van der Waals surface area contributed by atoms with Crippen molar-refractivity contribution in [1.82, 2.24) is 0 Å². The third kappa shape index (κ3) is 4.59. The molecule has 0 aromatic carbocycles. The molecule has 0 saturated heterocycles. The van der Waals surface area contributed by atoms with Crippen LogP contribution in [0.15, 0.2) is 0 Å². The van der Waals surface area contributed by atoms with Gasteiger partial charge in [0.25, 0.3) is 7.37 Å². The van der Waals surface area contributed by atoms with Crippen molar-refractivity contribution < 1.29 is 18.6 Å². The molecule has 0 radical (unpaired) electrons. The Labute approximate surface area is 101 Å². The molecule has 1 unspecified atom stereocenters. The van der Waals surface area contributed by atoms with Crippen LogP contribution in [0.1, 0.15) is 20.8 Å². The van der Waals surface area contributed by atoms with Crippen LogP contribution in [0, 0.1) is 0 Å². The molecular weight excluding hydrogens is 262 g/mol. The highest BCUT2D eigenvalue weighted by Gasteiger charge is 2.42. The first-order valence-electron chi connectivity index (χ1n) is 4.78. The topological polar surface area (TPSA) is 44.8 Å². The summed E-state index contributed by atoms with van der Waals surface area (Å²) in [5, 5.41) is 0. The minimum Gasteiger partial charge on any atom is -0.345 e. The maximum Gasteiger partial charge on any atom is 0.289 e. The SMILES string of the molecule is CCOC(OCC)P(=O)(OCC)C(Cl)Cl. The smallest absolute Gasteiger partial charge is 0.289 e. The van der Waals surface area contributed by atoms with Gasteiger partial charge in [-0.05, 0) is 20.8 Å². The quantitative estimate of drug-likeness (QED) is 0.388. The summed E-state index contributed by atoms with van der Waals surface area (Å²) in [4.78, 5) is 0. The average molecular weight is 279 g/mol. The normalized spacial score (nSPS) is 15.9. The van der Waals surface area contributed by atoms with Gasteiger partial charge in [-0.2, -0.15) is 0 Å². The molecule has 7 heteroatoms. The fourth-order valence-corrected chi connectivity index (χ4v) is 3.38. The minimum absolute atomic E-state index is 0.240. The number of hydrogen-bond donors (Lipinski definition) is 0. The van der Waals surface area contributed by atoms with Crippen molar-refractivity contribution in [2.75, 3.05) is 19.8 Å². The molecule has 0 aliphatic carbocycles. The van der Waals surface area contributed by atoms with Crippen molar-refractivity contribution in [3.8, 4) is 0 Å². The van der Waals surface area contributed by atoms with Crippen LogP contribution in [-0.2, 0) is 18.6 Å². The summed E-state index contributed by atoms with van der Waals surface area (Å²) in [7, 11) is -3.35. The number of rotatable bonds is 8. The highest BCUT2D eigenvalue weighted by molar-refractivity contribution is 7.63. The van der Waals surface area contributed by atoms with Crippen LogP contribution in [0.5, 0.6) is 0 Å². The van der Waals surface area contributed by atoms with E-state index >= 15 is 0 Å². The Morgan fingerprint density at radius 1 is 1.07 bits per heavy atom. The highest BCUT2D eigenvalue weighted by Crippen LogP contribution is 2.60. The van der Waals surface area contributed by atoms with E-state index in [0.29, 0.717) is 13.2 Å². The van der Waals surface area contributed by atoms with Crippen molar-refractivity contribution in [2.24, 2.45) is 0 Å². The van der Waals surface area contributed by atoms with Crippen molar-refractivity contribution in [3.05, 3.63) is 0 Å². The van der Waals surface area contributed by atoms with Gasteiger partial charge in [-0.3, -0.25) is 4.57 Å². The zero-order chi connectivity index (χ0) is 11.9. The van der Waals surface area contributed by atoms with Gasteiger partial charge in [0.15, 0.2) is 4.58 Å². The molecule has 0 bridgehead atoms. The van der Waals surface area contributed by atoms with E-state index in [1.54, 1.807) is 20.8 Å². The molecule has 0 N–H and O–H groups in total. The van der Waals surface area contributed by atoms with Crippen molar-refractivity contribution in [3.63, 3.8) is 0 Å². The Bertz CT molecular complexity index is 207. The maximum atomic E-state index is 12.3. The van der Waals surface area contributed by atoms with Gasteiger partial charge in [0.05, 0.1) is 6.61 Å². The van der Waals surface area contributed by atoms with E-state index in [9.17, 15) is 4.57 Å². The number of ether oxygens (including phenoxy) is 2. The molecule has 4 nitrogen and oxygen atoms in total. The zero-order valence-electron chi connectivity index (χ0n) is 9.11. The van der Waals surface area contributed by atoms with Crippen LogP contribution < -0.4 is 0 Å². The Morgan fingerprint density at radius 2 is 1.53 bits per heavy atom. The molecule has 0 aromatic heterocycles. The lowest BCUT2D eigenvalue weighted by Gasteiger charge is -2.27. The molecule has 1 atom stereocenters. The first kappa shape index (κ1) is 15.7. The second kappa shape index (κ2) is 7.88. The van der Waals surface area contributed by atoms with Gasteiger partial charge >= 0.3 is 0 Å². The zero-order valence-corrected chi connectivity index (χ0v) is 11.5. The van der Waals surface area contributed by atoms with Crippen LogP contribution in [0.2, 0.25) is 0 Å². The molecule has 0 amide bonds. The lowest BCUT2D eigenvalue weighted by Crippen LogP contribution is -2.22. The second-order valence-electron chi connectivity index (χ2n) is 2.56. The lowest BCUT2D eigenvalue weighted by atomic mass is 10.9. The highest BCUT2D eigenvalue weighted by atomic mass is 35.5. The van der Waals surface area contributed by atoms with E-state index in [4.69, 9.17) is 37.2 Å². The maximum absolute atomic E-state index is 12.3. The molecule has 0 fully saturated rings. The largest absolute Gasteiger partial charge is 0.345 e. The van der Waals surface area contributed by atoms with Crippen LogP contribution in [0.4, 0.5) is 0 Å². The van der Waals surface area contributed by atoms with E-state index < -0.39 is 18.0 Å². The van der Waals surface area contributed by atoms with E-state index in [2.05, 4.69) is 0 Å². The fourth-order valence-electron chi connectivity index (χ4n) is 0.952. The van der Waals surface area contributed by atoms with Crippen molar-refractivity contribution in [1.29, 1.82) is 0 Å². The molecule has 0 aliphatic rings. The molecule has 0 rings (SSSR count). The van der Waals surface area contributed by atoms with Crippen LogP contribution in [0.25, 0.3) is 0 Å². The molecular formula is C8H17Cl2O4P. The van der Waals surface area contributed by atoms with Crippen molar-refractivity contribution in [2.45, 2.75) is 31.4 Å². The number of halogens is 2. The second-order valence-corrected chi connectivity index (χ2v) is 6.75. The summed E-state index contributed by atoms with van der Waals surface area (Å²) in [6.07, 6.45) is 0. The monoisotopic (exact) mass is 278 g/mol. The van der Waals surface area contributed by atoms with Gasteiger partial charge in [-0.25, -0.2) is 0 Å². The van der Waals surface area contributed by atoms with Crippen molar-refractivity contribution >= 4 is 30.6 Å². The standard InChI is InChI=1S/C8H17Cl2O4P/c1-4-12-8(13-5-2)15(11,7(9)10)14-6-3/h7-8H,4-6H2,1-3H3. The fraction of sp³-hybridized carbons (Fsp3) is 1.00. The molecule has 0 aromatic rings. The van der Waals surface area contributed by atoms with E-state index in [0.717, 1.165) is 0 Å². The third-order valence-electron chi connectivity index (χ3n) is 1.52. The van der Waals surface area contributed by atoms with Gasteiger partial charge in [0.1, 0.15) is 0 Å². The number of alkyl halides is 2. The summed E-state index contributed by atoms with van der Waals surface area (Å²) in [6.45, 7) is 6.17. The summed E-state index contributed by atoms with van der Waals surface area (Å²) < 4.78 is 26.6. The van der Waals surface area contributed by atoms with Gasteiger partial charge in [0, 0.05) is 13.2 Å². The van der Waals surface area contributed by atoms with Crippen LogP contribution in [0.3, 0.4) is 0 Å². The Balaban J connectivity index is 4.73. The average Bonchev–Trinajstić information content (AvgIpc) is 2.17. The first-order valence-corrected chi connectivity index (χ1v) is 7.41. The van der Waals surface area contributed by atoms with Crippen LogP contribution in [-0.4, -0.2) is 30.4 Å². The van der Waals surface area contributed by atoms with Gasteiger partial charge in [-0.1, -0.05) is 23.2 Å². The molecule has 15 heavy (non-hydrogen) atoms. The molecule has 92 valence electrons. The van der Waals surface area contributed by atoms with E-state index in [-0.39, 0.29) is 6.61 Å². The third-order valence-corrected chi connectivity index (χ3v) is 5.24. The van der Waals surface area contributed by atoms with Gasteiger partial charge in [0.2, 0.25) is 6.03 Å². The van der Waals surface area contributed by atoms with Gasteiger partial charge < -0.3 is 14.0 Å². The summed E-state index contributed by atoms with van der Waals surface area (Å²) >= 11 is 11.3. The first-order chi connectivity index (χ1) is 7.02.